The molecule has 0 bridgehead atoms. The van der Waals surface area contributed by atoms with E-state index in [4.69, 9.17) is 14.7 Å². The molecule has 1 atom stereocenters. The smallest absolute Gasteiger partial charge is 0.268 e. The minimum atomic E-state index is -4.22. The Morgan fingerprint density at radius 3 is 2.25 bits per heavy atom. The minimum Gasteiger partial charge on any atom is -0.497 e. The van der Waals surface area contributed by atoms with Crippen LogP contribution in [0, 0.1) is 11.8 Å². The quantitative estimate of drug-likeness (QED) is 0.353. The predicted octanol–water partition coefficient (Wildman–Crippen LogP) is 2.09. The van der Waals surface area contributed by atoms with Crippen LogP contribution < -0.4 is 19.7 Å². The Balaban J connectivity index is 2.24. The van der Waals surface area contributed by atoms with Gasteiger partial charge in [-0.2, -0.15) is 0 Å². The lowest BCUT2D eigenvalue weighted by atomic mass is 10.1. The summed E-state index contributed by atoms with van der Waals surface area (Å²) < 4.78 is 38.3. The maximum atomic E-state index is 12.8. The Bertz CT molecular complexity index is 960. The van der Waals surface area contributed by atoms with Crippen molar-refractivity contribution >= 4 is 21.6 Å². The molecule has 0 spiro atoms. The van der Waals surface area contributed by atoms with Crippen LogP contribution in [0.1, 0.15) is 17.7 Å². The van der Waals surface area contributed by atoms with Crippen LogP contribution in [0.5, 0.6) is 11.5 Å². The molecule has 0 radical (unpaired) electrons. The maximum absolute atomic E-state index is 12.8. The third-order valence-corrected chi connectivity index (χ3v) is 5.31. The Morgan fingerprint density at radius 2 is 1.71 bits per heavy atom. The highest BCUT2D eigenvalue weighted by Gasteiger charge is 2.34. The van der Waals surface area contributed by atoms with E-state index in [1.54, 1.807) is 19.1 Å². The SMILES string of the molecule is CC#CCOc1ccc(NS(=O)(=O)[C@H](C(=O)NO)c2ccc(OC)cc2)cc1. The van der Waals surface area contributed by atoms with Crippen LogP contribution >= 0.6 is 0 Å². The fourth-order valence-corrected chi connectivity index (χ4v) is 3.78. The largest absolute Gasteiger partial charge is 0.497 e. The van der Waals surface area contributed by atoms with Gasteiger partial charge in [-0.3, -0.25) is 14.7 Å². The molecule has 0 saturated heterocycles. The summed E-state index contributed by atoms with van der Waals surface area (Å²) in [7, 11) is -2.75. The van der Waals surface area contributed by atoms with Crippen molar-refractivity contribution in [1.82, 2.24) is 5.48 Å². The zero-order valence-electron chi connectivity index (χ0n) is 15.3. The molecule has 9 heteroatoms. The molecule has 28 heavy (non-hydrogen) atoms. The molecule has 0 heterocycles. The number of sulfonamides is 1. The molecule has 0 aliphatic heterocycles. The van der Waals surface area contributed by atoms with Crippen molar-refractivity contribution in [2.75, 3.05) is 18.4 Å². The lowest BCUT2D eigenvalue weighted by Gasteiger charge is -2.18. The van der Waals surface area contributed by atoms with Crippen LogP contribution in [0.4, 0.5) is 5.69 Å². The van der Waals surface area contributed by atoms with E-state index in [0.29, 0.717) is 11.5 Å². The molecular formula is C19H20N2O6S. The number of hydrogen-bond donors (Lipinski definition) is 3. The number of ether oxygens (including phenoxy) is 2. The molecule has 2 rings (SSSR count). The van der Waals surface area contributed by atoms with E-state index in [0.717, 1.165) is 0 Å². The number of amides is 1. The molecule has 2 aromatic rings. The summed E-state index contributed by atoms with van der Waals surface area (Å²) in [6.45, 7) is 1.92. The highest BCUT2D eigenvalue weighted by molar-refractivity contribution is 7.93. The number of benzene rings is 2. The van der Waals surface area contributed by atoms with E-state index in [1.807, 2.05) is 0 Å². The second kappa shape index (κ2) is 9.64. The van der Waals surface area contributed by atoms with Gasteiger partial charge in [0, 0.05) is 5.69 Å². The first kappa shape index (κ1) is 21.1. The topological polar surface area (TPSA) is 114 Å². The first-order chi connectivity index (χ1) is 13.4. The van der Waals surface area contributed by atoms with Gasteiger partial charge >= 0.3 is 0 Å². The number of hydrogen-bond acceptors (Lipinski definition) is 6. The summed E-state index contributed by atoms with van der Waals surface area (Å²) in [5, 5.41) is 7.32. The highest BCUT2D eigenvalue weighted by Crippen LogP contribution is 2.27. The predicted molar refractivity (Wildman–Crippen MR) is 104 cm³/mol. The molecule has 148 valence electrons. The van der Waals surface area contributed by atoms with Crippen LogP contribution in [-0.2, 0) is 14.8 Å². The van der Waals surface area contributed by atoms with Crippen molar-refractivity contribution in [2.45, 2.75) is 12.2 Å². The molecule has 1 amide bonds. The van der Waals surface area contributed by atoms with E-state index in [1.165, 1.54) is 49.0 Å². The average Bonchev–Trinajstić information content (AvgIpc) is 2.69. The molecule has 0 aromatic heterocycles. The molecule has 8 nitrogen and oxygen atoms in total. The monoisotopic (exact) mass is 404 g/mol. The summed E-state index contributed by atoms with van der Waals surface area (Å²) in [4.78, 5) is 12.1. The number of anilines is 1. The van der Waals surface area contributed by atoms with E-state index in [2.05, 4.69) is 16.6 Å². The van der Waals surface area contributed by atoms with Gasteiger partial charge in [0.15, 0.2) is 5.25 Å². The van der Waals surface area contributed by atoms with Crippen molar-refractivity contribution < 1.29 is 27.9 Å². The van der Waals surface area contributed by atoms with Crippen LogP contribution in [0.3, 0.4) is 0 Å². The first-order valence-electron chi connectivity index (χ1n) is 8.13. The van der Waals surface area contributed by atoms with Gasteiger partial charge in [-0.05, 0) is 48.9 Å². The molecule has 0 fully saturated rings. The molecule has 2 aromatic carbocycles. The number of rotatable bonds is 8. The van der Waals surface area contributed by atoms with Gasteiger partial charge in [0.2, 0.25) is 10.0 Å². The van der Waals surface area contributed by atoms with Gasteiger partial charge in [-0.15, -0.1) is 5.92 Å². The molecule has 0 aliphatic rings. The van der Waals surface area contributed by atoms with Crippen LogP contribution in [-0.4, -0.2) is 33.2 Å². The first-order valence-corrected chi connectivity index (χ1v) is 9.68. The van der Waals surface area contributed by atoms with Gasteiger partial charge in [0.1, 0.15) is 18.1 Å². The van der Waals surface area contributed by atoms with Crippen LogP contribution in [0.25, 0.3) is 0 Å². The number of hydroxylamine groups is 1. The molecule has 0 saturated carbocycles. The summed E-state index contributed by atoms with van der Waals surface area (Å²) in [6.07, 6.45) is 0. The van der Waals surface area contributed by atoms with E-state index >= 15 is 0 Å². The Labute approximate surface area is 163 Å². The van der Waals surface area contributed by atoms with Crippen molar-refractivity contribution in [3.05, 3.63) is 54.1 Å². The second-order valence-corrected chi connectivity index (χ2v) is 7.28. The third kappa shape index (κ3) is 5.39. The van der Waals surface area contributed by atoms with Gasteiger partial charge in [0.25, 0.3) is 5.91 Å². The standard InChI is InChI=1S/C19H20N2O6S/c1-3-4-13-27-17-11-7-15(8-12-17)21-28(24,25)18(19(22)20-23)14-5-9-16(26-2)10-6-14/h5-12,18,21,23H,13H2,1-2H3,(H,20,22)/t18-/m0/s1. The Morgan fingerprint density at radius 1 is 1.11 bits per heavy atom. The van der Waals surface area contributed by atoms with Crippen molar-refractivity contribution in [3.8, 4) is 23.3 Å². The van der Waals surface area contributed by atoms with Crippen molar-refractivity contribution in [1.29, 1.82) is 0 Å². The lowest BCUT2D eigenvalue weighted by molar-refractivity contribution is -0.128. The summed E-state index contributed by atoms with van der Waals surface area (Å²) in [6, 6.07) is 12.0. The fourth-order valence-electron chi connectivity index (χ4n) is 2.34. The normalized spacial score (nSPS) is 11.5. The number of nitrogens with one attached hydrogen (secondary N) is 2. The number of methoxy groups -OCH3 is 1. The molecule has 3 N–H and O–H groups in total. The molecule has 0 aliphatic carbocycles. The van der Waals surface area contributed by atoms with Crippen LogP contribution in [0.2, 0.25) is 0 Å². The van der Waals surface area contributed by atoms with E-state index < -0.39 is 21.2 Å². The van der Waals surface area contributed by atoms with Crippen molar-refractivity contribution in [2.24, 2.45) is 0 Å². The maximum Gasteiger partial charge on any atom is 0.268 e. The lowest BCUT2D eigenvalue weighted by Crippen LogP contribution is -2.34. The fraction of sp³-hybridized carbons (Fsp3) is 0.211. The minimum absolute atomic E-state index is 0.165. The number of carbonyl (C=O) groups is 1. The second-order valence-electron chi connectivity index (χ2n) is 5.52. The highest BCUT2D eigenvalue weighted by atomic mass is 32.2. The molecular weight excluding hydrogens is 384 g/mol. The van der Waals surface area contributed by atoms with Gasteiger partial charge in [-0.1, -0.05) is 18.1 Å². The average molecular weight is 404 g/mol. The van der Waals surface area contributed by atoms with E-state index in [-0.39, 0.29) is 17.9 Å². The van der Waals surface area contributed by atoms with Crippen LogP contribution in [0.15, 0.2) is 48.5 Å². The van der Waals surface area contributed by atoms with Gasteiger partial charge in [0.05, 0.1) is 7.11 Å². The zero-order valence-corrected chi connectivity index (χ0v) is 16.1. The van der Waals surface area contributed by atoms with E-state index in [9.17, 15) is 13.2 Å². The van der Waals surface area contributed by atoms with Crippen molar-refractivity contribution in [3.63, 3.8) is 0 Å². The summed E-state index contributed by atoms with van der Waals surface area (Å²) in [5.74, 6) is 5.38. The van der Waals surface area contributed by atoms with Gasteiger partial charge in [-0.25, -0.2) is 13.9 Å². The van der Waals surface area contributed by atoms with Gasteiger partial charge < -0.3 is 9.47 Å². The third-order valence-electron chi connectivity index (χ3n) is 3.68. The summed E-state index contributed by atoms with van der Waals surface area (Å²) >= 11 is 0. The summed E-state index contributed by atoms with van der Waals surface area (Å²) in [5.41, 5.74) is 1.80. The Hall–Kier alpha value is -3.22. The molecule has 0 unspecified atom stereocenters. The zero-order chi connectivity index (χ0) is 20.6. The number of carbonyl (C=O) groups excluding carboxylic acids is 1. The Kier molecular flexibility index (Phi) is 7.26.